The van der Waals surface area contributed by atoms with Gasteiger partial charge in [-0.25, -0.2) is 8.78 Å². The molecule has 1 aliphatic heterocycles. The van der Waals surface area contributed by atoms with Gasteiger partial charge < -0.3 is 5.32 Å². The average Bonchev–Trinajstić information content (AvgIpc) is 2.71. The zero-order valence-corrected chi connectivity index (χ0v) is 9.08. The van der Waals surface area contributed by atoms with Crippen molar-refractivity contribution < 1.29 is 8.78 Å². The second-order valence-corrected chi connectivity index (χ2v) is 4.22. The largest absolute Gasteiger partial charge is 0.302 e. The lowest BCUT2D eigenvalue weighted by Gasteiger charge is -2.12. The van der Waals surface area contributed by atoms with Gasteiger partial charge in [0.25, 0.3) is 0 Å². The molecule has 17 heavy (non-hydrogen) atoms. The summed E-state index contributed by atoms with van der Waals surface area (Å²) >= 11 is 0. The van der Waals surface area contributed by atoms with Crippen molar-refractivity contribution in [1.82, 2.24) is 5.32 Å². The minimum absolute atomic E-state index is 0.114. The van der Waals surface area contributed by atoms with Crippen LogP contribution in [0, 0.1) is 11.6 Å². The Morgan fingerprint density at radius 3 is 2.47 bits per heavy atom. The standard InChI is InChI=1S/C14H11F2N/c15-11-5-10(6-12(16)7-11)14-13-4-2-1-3-9(13)8-17-14/h1-7,14,17H,8H2. The van der Waals surface area contributed by atoms with E-state index in [1.54, 1.807) is 0 Å². The van der Waals surface area contributed by atoms with E-state index in [1.165, 1.54) is 17.7 Å². The van der Waals surface area contributed by atoms with Crippen molar-refractivity contribution in [3.63, 3.8) is 0 Å². The normalized spacial score (nSPS) is 18.1. The van der Waals surface area contributed by atoms with Gasteiger partial charge in [0, 0.05) is 12.6 Å². The molecule has 3 rings (SSSR count). The molecule has 0 amide bonds. The number of fused-ring (bicyclic) bond motifs is 1. The number of hydrogen-bond donors (Lipinski definition) is 1. The zero-order chi connectivity index (χ0) is 11.8. The Morgan fingerprint density at radius 1 is 1.00 bits per heavy atom. The minimum atomic E-state index is -0.536. The van der Waals surface area contributed by atoms with Gasteiger partial charge in [0.1, 0.15) is 11.6 Å². The van der Waals surface area contributed by atoms with Gasteiger partial charge in [0.05, 0.1) is 6.04 Å². The molecule has 0 aromatic heterocycles. The second-order valence-electron chi connectivity index (χ2n) is 4.22. The van der Waals surface area contributed by atoms with E-state index in [0.29, 0.717) is 5.56 Å². The SMILES string of the molecule is Fc1cc(F)cc(C2NCc3ccccc32)c1. The summed E-state index contributed by atoms with van der Waals surface area (Å²) < 4.78 is 26.4. The van der Waals surface area contributed by atoms with E-state index in [-0.39, 0.29) is 6.04 Å². The van der Waals surface area contributed by atoms with Gasteiger partial charge in [-0.15, -0.1) is 0 Å². The third-order valence-electron chi connectivity index (χ3n) is 3.08. The van der Waals surface area contributed by atoms with E-state index in [9.17, 15) is 8.78 Å². The quantitative estimate of drug-likeness (QED) is 0.795. The third kappa shape index (κ3) is 1.83. The minimum Gasteiger partial charge on any atom is -0.302 e. The highest BCUT2D eigenvalue weighted by Crippen LogP contribution is 2.31. The van der Waals surface area contributed by atoms with Crippen LogP contribution in [0.25, 0.3) is 0 Å². The summed E-state index contributed by atoms with van der Waals surface area (Å²) in [6.07, 6.45) is 0. The van der Waals surface area contributed by atoms with E-state index in [0.717, 1.165) is 18.2 Å². The maximum Gasteiger partial charge on any atom is 0.126 e. The summed E-state index contributed by atoms with van der Waals surface area (Å²) in [5, 5.41) is 3.26. The molecule has 0 bridgehead atoms. The van der Waals surface area contributed by atoms with Crippen molar-refractivity contribution in [3.8, 4) is 0 Å². The fraction of sp³-hybridized carbons (Fsp3) is 0.143. The maximum atomic E-state index is 13.2. The van der Waals surface area contributed by atoms with Crippen molar-refractivity contribution in [2.75, 3.05) is 0 Å². The van der Waals surface area contributed by atoms with Crippen molar-refractivity contribution >= 4 is 0 Å². The predicted molar refractivity (Wildman–Crippen MR) is 61.5 cm³/mol. The first-order valence-corrected chi connectivity index (χ1v) is 5.51. The van der Waals surface area contributed by atoms with Crippen LogP contribution in [0.3, 0.4) is 0 Å². The van der Waals surface area contributed by atoms with Crippen LogP contribution in [0.5, 0.6) is 0 Å². The van der Waals surface area contributed by atoms with Gasteiger partial charge in [0.15, 0.2) is 0 Å². The van der Waals surface area contributed by atoms with Crippen LogP contribution in [-0.2, 0) is 6.54 Å². The Hall–Kier alpha value is -1.74. The molecule has 86 valence electrons. The van der Waals surface area contributed by atoms with Gasteiger partial charge in [-0.05, 0) is 28.8 Å². The molecule has 0 aliphatic carbocycles. The van der Waals surface area contributed by atoms with E-state index >= 15 is 0 Å². The lowest BCUT2D eigenvalue weighted by atomic mass is 9.98. The highest BCUT2D eigenvalue weighted by Gasteiger charge is 2.23. The molecule has 2 aromatic carbocycles. The third-order valence-corrected chi connectivity index (χ3v) is 3.08. The van der Waals surface area contributed by atoms with Crippen LogP contribution in [0.1, 0.15) is 22.7 Å². The Kier molecular flexibility index (Phi) is 2.41. The average molecular weight is 231 g/mol. The molecular weight excluding hydrogens is 220 g/mol. The smallest absolute Gasteiger partial charge is 0.126 e. The summed E-state index contributed by atoms with van der Waals surface area (Å²) in [6.45, 7) is 0.735. The van der Waals surface area contributed by atoms with Crippen LogP contribution in [0.15, 0.2) is 42.5 Å². The Bertz CT molecular complexity index is 546. The van der Waals surface area contributed by atoms with E-state index in [1.807, 2.05) is 24.3 Å². The Balaban J connectivity index is 2.06. The topological polar surface area (TPSA) is 12.0 Å². The van der Waals surface area contributed by atoms with Gasteiger partial charge in [-0.3, -0.25) is 0 Å². The molecule has 1 unspecified atom stereocenters. The lowest BCUT2D eigenvalue weighted by Crippen LogP contribution is -2.13. The molecule has 0 spiro atoms. The fourth-order valence-electron chi connectivity index (χ4n) is 2.34. The first kappa shape index (κ1) is 10.4. The number of halogens is 2. The molecule has 1 N–H and O–H groups in total. The molecular formula is C14H11F2N. The molecule has 1 atom stereocenters. The monoisotopic (exact) mass is 231 g/mol. The van der Waals surface area contributed by atoms with Gasteiger partial charge in [0.2, 0.25) is 0 Å². The summed E-state index contributed by atoms with van der Waals surface area (Å²) in [6, 6.07) is 11.5. The Labute approximate surface area is 98.1 Å². The van der Waals surface area contributed by atoms with Crippen molar-refractivity contribution in [2.24, 2.45) is 0 Å². The molecule has 0 saturated carbocycles. The highest BCUT2D eigenvalue weighted by molar-refractivity contribution is 5.41. The summed E-state index contributed by atoms with van der Waals surface area (Å²) in [4.78, 5) is 0. The number of hydrogen-bond acceptors (Lipinski definition) is 1. The maximum absolute atomic E-state index is 13.2. The van der Waals surface area contributed by atoms with Gasteiger partial charge in [-0.1, -0.05) is 24.3 Å². The number of rotatable bonds is 1. The number of nitrogens with one attached hydrogen (secondary N) is 1. The molecule has 1 nitrogen and oxygen atoms in total. The number of benzene rings is 2. The van der Waals surface area contributed by atoms with Gasteiger partial charge in [-0.2, -0.15) is 0 Å². The van der Waals surface area contributed by atoms with Crippen LogP contribution in [0.2, 0.25) is 0 Å². The van der Waals surface area contributed by atoms with Gasteiger partial charge >= 0.3 is 0 Å². The molecule has 1 heterocycles. The predicted octanol–water partition coefficient (Wildman–Crippen LogP) is 3.16. The fourth-order valence-corrected chi connectivity index (χ4v) is 2.34. The van der Waals surface area contributed by atoms with Crippen LogP contribution in [0.4, 0.5) is 8.78 Å². The van der Waals surface area contributed by atoms with Crippen molar-refractivity contribution in [3.05, 3.63) is 70.8 Å². The summed E-state index contributed by atoms with van der Waals surface area (Å²) in [7, 11) is 0. The van der Waals surface area contributed by atoms with E-state index < -0.39 is 11.6 Å². The first-order chi connectivity index (χ1) is 8.24. The Morgan fingerprint density at radius 2 is 1.71 bits per heavy atom. The zero-order valence-electron chi connectivity index (χ0n) is 9.08. The first-order valence-electron chi connectivity index (χ1n) is 5.51. The van der Waals surface area contributed by atoms with Crippen molar-refractivity contribution in [2.45, 2.75) is 12.6 Å². The molecule has 0 fully saturated rings. The molecule has 3 heteroatoms. The van der Waals surface area contributed by atoms with Crippen molar-refractivity contribution in [1.29, 1.82) is 0 Å². The van der Waals surface area contributed by atoms with E-state index in [2.05, 4.69) is 5.32 Å². The highest BCUT2D eigenvalue weighted by atomic mass is 19.1. The summed E-state index contributed by atoms with van der Waals surface area (Å²) in [5.41, 5.74) is 2.91. The van der Waals surface area contributed by atoms with Crippen LogP contribution >= 0.6 is 0 Å². The molecule has 1 aliphatic rings. The second kappa shape index (κ2) is 3.93. The lowest BCUT2D eigenvalue weighted by molar-refractivity contribution is 0.570. The summed E-state index contributed by atoms with van der Waals surface area (Å²) in [5.74, 6) is -1.07. The molecule has 0 saturated heterocycles. The van der Waals surface area contributed by atoms with E-state index in [4.69, 9.17) is 0 Å². The van der Waals surface area contributed by atoms with Crippen LogP contribution in [-0.4, -0.2) is 0 Å². The molecule has 2 aromatic rings. The van der Waals surface area contributed by atoms with Crippen LogP contribution < -0.4 is 5.32 Å². The molecule has 0 radical (unpaired) electrons.